The van der Waals surface area contributed by atoms with Crippen molar-refractivity contribution < 1.29 is 79.0 Å². The van der Waals surface area contributed by atoms with Gasteiger partial charge in [-0.1, -0.05) is 155 Å². The second kappa shape index (κ2) is 38.3. The number of hydrogen-bond donors (Lipinski definition) is 4. The van der Waals surface area contributed by atoms with Gasteiger partial charge in [-0.3, -0.25) is 15.6 Å². The Labute approximate surface area is 564 Å². The van der Waals surface area contributed by atoms with Crippen molar-refractivity contribution >= 4 is 11.4 Å². The van der Waals surface area contributed by atoms with Crippen LogP contribution in [0.3, 0.4) is 0 Å². The van der Waals surface area contributed by atoms with Gasteiger partial charge in [0, 0.05) is 90.2 Å². The van der Waals surface area contributed by atoms with E-state index in [9.17, 15) is 83.8 Å². The molecule has 5 aliphatic heterocycles. The molecule has 0 saturated heterocycles. The molecule has 0 unspecified atom stereocenters. The number of nitrogens with zero attached hydrogens (tertiary/aromatic N) is 4. The van der Waals surface area contributed by atoms with Crippen LogP contribution in [-0.4, -0.2) is 59.3 Å². The summed E-state index contributed by atoms with van der Waals surface area (Å²) in [4.78, 5) is 12.8. The van der Waals surface area contributed by atoms with E-state index in [4.69, 9.17) is 0 Å². The van der Waals surface area contributed by atoms with Crippen molar-refractivity contribution in [3.8, 4) is 0 Å². The van der Waals surface area contributed by atoms with Gasteiger partial charge < -0.3 is 20.1 Å². The van der Waals surface area contributed by atoms with Gasteiger partial charge in [-0.05, 0) is 113 Å². The first-order chi connectivity index (χ1) is 44.2. The molecule has 2 aromatic rings. The second-order valence-electron chi connectivity index (χ2n) is 24.6. The lowest BCUT2D eigenvalue weighted by Gasteiger charge is -2.28. The van der Waals surface area contributed by atoms with Gasteiger partial charge in [-0.2, -0.15) is 62.9 Å². The van der Waals surface area contributed by atoms with E-state index in [1.54, 1.807) is 99.6 Å². The molecule has 0 aliphatic carbocycles. The summed E-state index contributed by atoms with van der Waals surface area (Å²) in [5.41, 5.74) is 6.99. The minimum atomic E-state index is -4.37. The molecular formula is C71H92F18N8O. The first-order valence-electron chi connectivity index (χ1n) is 30.2. The molecule has 0 bridgehead atoms. The highest BCUT2D eigenvalue weighted by Crippen LogP contribution is 2.40. The summed E-state index contributed by atoms with van der Waals surface area (Å²) < 4.78 is 227. The van der Waals surface area contributed by atoms with Crippen molar-refractivity contribution in [1.82, 2.24) is 31.0 Å². The summed E-state index contributed by atoms with van der Waals surface area (Å²) in [6, 6.07) is 5.49. The van der Waals surface area contributed by atoms with Gasteiger partial charge in [0.25, 0.3) is 24.8 Å². The standard InChI is InChI=1S/C11H14F3N.C11H13F3.C10H12F3N.C10H13F2NO.C10H13F2N.C9H11F3N2.C9H12F2N2.CH4/c1-7(2)9-6-15(4)8(3)5-10(9)11(12,13)14;1-7(2)9-5-4-8(3)6-10(9)11(12,13)14;1-6(2)8-5-14-7(3)4-9(8)10(11,12)13;1-6(2)8-5-13(3)9(14)4-7(8)10(11)12;1-6(2)9-5-13-7(3)4-8(9)10(11)12;1-5(2)8-7(9(10,11)12)4-6(3)13-14-8;1-5(2)8-7(9(10)11)4-6(3)12-13-8;/h5-7H,3H2,1-2,4H3;4-7H,1-3H3;4-6,14H,3H2,1-2H3;4-6,10H,1-3H3;4-6,10,13H,3H2,1-2H3;4-5,13H,3H2,1-2H3;4-5,9,12H,3H2,1-2H3;1H4. The van der Waals surface area contributed by atoms with Crippen LogP contribution >= 0.6 is 0 Å². The molecule has 27 heteroatoms. The van der Waals surface area contributed by atoms with Crippen LogP contribution in [0.2, 0.25) is 0 Å². The molecule has 1 aromatic heterocycles. The van der Waals surface area contributed by atoms with E-state index in [1.807, 2.05) is 41.5 Å². The Morgan fingerprint density at radius 2 is 0.837 bits per heavy atom. The van der Waals surface area contributed by atoms with E-state index in [-0.39, 0.29) is 88.2 Å². The largest absolute Gasteiger partial charge is 0.418 e. The van der Waals surface area contributed by atoms with Crippen LogP contribution in [0.5, 0.6) is 0 Å². The Hall–Kier alpha value is -8.13. The third-order valence-corrected chi connectivity index (χ3v) is 14.0. The van der Waals surface area contributed by atoms with Crippen molar-refractivity contribution in [1.29, 1.82) is 0 Å². The molecule has 6 heterocycles. The van der Waals surface area contributed by atoms with Crippen molar-refractivity contribution in [2.45, 2.75) is 167 Å². The third-order valence-electron chi connectivity index (χ3n) is 14.0. The smallest absolute Gasteiger partial charge is 0.362 e. The molecule has 7 rings (SSSR count). The fourth-order valence-electron chi connectivity index (χ4n) is 8.97. The van der Waals surface area contributed by atoms with Crippen LogP contribution in [-0.2, 0) is 13.2 Å². The molecule has 0 atom stereocenters. The molecule has 0 saturated carbocycles. The average molecular weight is 1420 g/mol. The zero-order valence-corrected chi connectivity index (χ0v) is 57.3. The molecule has 4 N–H and O–H groups in total. The van der Waals surface area contributed by atoms with E-state index in [1.165, 1.54) is 41.4 Å². The van der Waals surface area contributed by atoms with Gasteiger partial charge in [0.1, 0.15) is 0 Å². The van der Waals surface area contributed by atoms with Crippen molar-refractivity contribution in [3.63, 3.8) is 0 Å². The van der Waals surface area contributed by atoms with E-state index >= 15 is 0 Å². The normalized spacial score (nSPS) is 15.8. The minimum Gasteiger partial charge on any atom is -0.362 e. The highest BCUT2D eigenvalue weighted by molar-refractivity contribution is 6.03. The summed E-state index contributed by atoms with van der Waals surface area (Å²) >= 11 is 0. The first kappa shape index (κ1) is 89.9. The lowest BCUT2D eigenvalue weighted by Crippen LogP contribution is -2.29. The Kier molecular flexibility index (Phi) is 35.1. The number of rotatable bonds is 10. The second-order valence-corrected chi connectivity index (χ2v) is 24.6. The number of likely N-dealkylation sites (N-methyl/N-ethyl adjacent to an activating group) is 1. The average Bonchev–Trinajstić information content (AvgIpc) is 0.822. The van der Waals surface area contributed by atoms with Crippen LogP contribution in [0.4, 0.5) is 79.0 Å². The molecule has 1 aromatic carbocycles. The number of allylic oxidation sites excluding steroid dienone is 13. The summed E-state index contributed by atoms with van der Waals surface area (Å²) in [5, 5.41) is 13.0. The number of nitrogens with one attached hydrogen (secondary N) is 4. The van der Waals surface area contributed by atoms with Gasteiger partial charge >= 0.3 is 24.7 Å². The van der Waals surface area contributed by atoms with Crippen LogP contribution in [0, 0.1) is 36.5 Å². The maximum absolute atomic E-state index is 12.7. The molecule has 0 fully saturated rings. The number of aromatic nitrogens is 1. The lowest BCUT2D eigenvalue weighted by molar-refractivity contribution is -0.138. The number of alkyl halides is 18. The summed E-state index contributed by atoms with van der Waals surface area (Å²) in [7, 11) is 3.25. The highest BCUT2D eigenvalue weighted by atomic mass is 19.4. The van der Waals surface area contributed by atoms with Crippen molar-refractivity contribution in [3.05, 3.63) is 224 Å². The van der Waals surface area contributed by atoms with Crippen molar-refractivity contribution in [2.24, 2.45) is 46.8 Å². The predicted octanol–water partition coefficient (Wildman–Crippen LogP) is 21.6. The fraction of sp³-hybridized carbons (Fsp3) is 0.451. The molecule has 0 amide bonds. The number of pyridine rings is 1. The molecule has 0 radical (unpaired) electrons. The van der Waals surface area contributed by atoms with Gasteiger partial charge in [0.15, 0.2) is 0 Å². The quantitative estimate of drug-likeness (QED) is 0.177. The summed E-state index contributed by atoms with van der Waals surface area (Å²) in [6.07, 6.45) is -12.9. The molecule has 548 valence electrons. The van der Waals surface area contributed by atoms with Gasteiger partial charge in [0.2, 0.25) is 0 Å². The zero-order valence-electron chi connectivity index (χ0n) is 57.3. The van der Waals surface area contributed by atoms with Gasteiger partial charge in [-0.25, -0.2) is 26.3 Å². The molecule has 0 spiro atoms. The van der Waals surface area contributed by atoms with Crippen LogP contribution < -0.4 is 27.0 Å². The molecule has 9 nitrogen and oxygen atoms in total. The molecule has 5 aliphatic rings. The SMILES string of the molecule is C.C=C1C=C(C(F)(F)F)C(C(C)C)=CN1.C=C1C=C(C(F)(F)F)C(C(C)C)=CN1C.C=C1C=C(C(F)(F)F)C(C(C)C)=NN1.C=C1C=C(C(F)F)C(C(C)C)=CN1.C=C1C=C(C(F)F)C(C(C)C)=NN1.CC(C)c1cn(C)c(=O)cc1C(F)F.Cc1ccc(C(C)C)c(C(F)(F)F)c1. The minimum absolute atomic E-state index is 0. The summed E-state index contributed by atoms with van der Waals surface area (Å²) in [6.45, 7) is 44.0. The van der Waals surface area contributed by atoms with Gasteiger partial charge in [0.05, 0.1) is 33.7 Å². The molecular weight excluding hydrogens is 1320 g/mol. The number of hydrogen-bond acceptors (Lipinski definition) is 8. The Balaban J connectivity index is 0.00000112. The van der Waals surface area contributed by atoms with Crippen LogP contribution in [0.15, 0.2) is 200 Å². The number of halogens is 18. The van der Waals surface area contributed by atoms with E-state index in [0.717, 1.165) is 24.3 Å². The number of dihydropyridines is 2. The van der Waals surface area contributed by atoms with E-state index in [0.29, 0.717) is 50.6 Å². The third kappa shape index (κ3) is 28.4. The lowest BCUT2D eigenvalue weighted by atomic mass is 9.92. The van der Waals surface area contributed by atoms with Crippen LogP contribution in [0.1, 0.15) is 150 Å². The summed E-state index contributed by atoms with van der Waals surface area (Å²) in [5.74, 6) is -0.625. The Morgan fingerprint density at radius 1 is 0.429 bits per heavy atom. The monoisotopic (exact) mass is 1410 g/mol. The molecule has 98 heavy (non-hydrogen) atoms. The maximum Gasteiger partial charge on any atom is 0.418 e. The number of hydrazone groups is 2. The number of aryl methyl sites for hydroxylation is 2. The first-order valence-corrected chi connectivity index (χ1v) is 30.2. The zero-order chi connectivity index (χ0) is 75.5. The topological polar surface area (TPSA) is 98.1 Å². The fourth-order valence-corrected chi connectivity index (χ4v) is 8.97. The van der Waals surface area contributed by atoms with E-state index < -0.39 is 71.8 Å². The van der Waals surface area contributed by atoms with Crippen LogP contribution in [0.25, 0.3) is 0 Å². The number of benzene rings is 1. The maximum atomic E-state index is 12.7. The van der Waals surface area contributed by atoms with Gasteiger partial charge in [-0.15, -0.1) is 0 Å². The Bertz CT molecular complexity index is 3370. The Morgan fingerprint density at radius 3 is 1.24 bits per heavy atom. The van der Waals surface area contributed by atoms with Crippen molar-refractivity contribution in [2.75, 3.05) is 7.05 Å². The predicted molar refractivity (Wildman–Crippen MR) is 358 cm³/mol. The van der Waals surface area contributed by atoms with E-state index in [2.05, 4.69) is 64.6 Å². The highest BCUT2D eigenvalue weighted by Gasteiger charge is 2.41.